The first-order chi connectivity index (χ1) is 58.7. The first-order valence-corrected chi connectivity index (χ1v) is 47.3. The van der Waals surface area contributed by atoms with Crippen LogP contribution in [0.25, 0.3) is 34.9 Å². The fourth-order valence-corrected chi connectivity index (χ4v) is 19.6. The third-order valence-electron chi connectivity index (χ3n) is 22.8. The number of sulfonamides is 3. The van der Waals surface area contributed by atoms with Crippen molar-refractivity contribution in [3.05, 3.63) is 247 Å². The molecule has 3 unspecified atom stereocenters. The molecule has 7 aliphatic rings. The number of halogens is 2. The number of alkyl carbamates (subject to hydrolysis) is 1. The molecule has 0 spiro atoms. The van der Waals surface area contributed by atoms with Crippen molar-refractivity contribution in [3.63, 3.8) is 0 Å². The van der Waals surface area contributed by atoms with E-state index in [0.717, 1.165) is 115 Å². The molecular formula is C87H104Cl2N18O13S3. The summed E-state index contributed by atoms with van der Waals surface area (Å²) in [6.45, 7) is 17.1. The maximum atomic E-state index is 13.0. The maximum Gasteiger partial charge on any atom is 0.410 e. The van der Waals surface area contributed by atoms with Gasteiger partial charge in [0.1, 0.15) is 6.10 Å². The number of benzene rings is 3. The third-order valence-corrected chi connectivity index (χ3v) is 25.9. The molecule has 10 heterocycles. The summed E-state index contributed by atoms with van der Waals surface area (Å²) in [4.78, 5) is 76.4. The predicted octanol–water partition coefficient (Wildman–Crippen LogP) is 11.0. The van der Waals surface area contributed by atoms with Gasteiger partial charge >= 0.3 is 18.3 Å². The number of pyridine rings is 3. The van der Waals surface area contributed by atoms with E-state index in [-0.39, 0.29) is 48.6 Å². The summed E-state index contributed by atoms with van der Waals surface area (Å²) in [7, 11) is -4.97. The van der Waals surface area contributed by atoms with Gasteiger partial charge < -0.3 is 47.8 Å². The normalized spacial score (nSPS) is 19.3. The second-order valence-corrected chi connectivity index (χ2v) is 38.7. The van der Waals surface area contributed by atoms with Gasteiger partial charge in [0.2, 0.25) is 30.1 Å². The first-order valence-electron chi connectivity index (χ1n) is 40.9. The number of ether oxygens (including phenoxy) is 4. The molecule has 652 valence electrons. The molecule has 4 fully saturated rings. The summed E-state index contributed by atoms with van der Waals surface area (Å²) >= 11 is 13.1. The molecule has 0 bridgehead atoms. The van der Waals surface area contributed by atoms with Crippen molar-refractivity contribution in [2.75, 3.05) is 111 Å². The monoisotopic (exact) mass is 1770 g/mol. The molecule has 31 nitrogen and oxygen atoms in total. The molecule has 6 atom stereocenters. The highest BCUT2D eigenvalue weighted by Gasteiger charge is 2.42. The topological polar surface area (TPSA) is 338 Å². The highest BCUT2D eigenvalue weighted by molar-refractivity contribution is 7.89. The Balaban J connectivity index is 0.000000151. The minimum Gasteiger partial charge on any atom is -0.447 e. The molecule has 3 amide bonds. The van der Waals surface area contributed by atoms with Crippen LogP contribution in [0.5, 0.6) is 0 Å². The molecule has 0 radical (unpaired) electrons. The molecule has 9 aromatic rings. The van der Waals surface area contributed by atoms with E-state index in [4.69, 9.17) is 57.1 Å². The number of amides is 3. The van der Waals surface area contributed by atoms with Crippen LogP contribution < -0.4 is 14.8 Å². The van der Waals surface area contributed by atoms with Crippen molar-refractivity contribution in [2.24, 2.45) is 21.1 Å². The predicted molar refractivity (Wildman–Crippen MR) is 471 cm³/mol. The molecule has 3 aromatic carbocycles. The van der Waals surface area contributed by atoms with Crippen LogP contribution in [0.3, 0.4) is 0 Å². The van der Waals surface area contributed by atoms with Crippen LogP contribution in [-0.2, 0) is 70.2 Å². The summed E-state index contributed by atoms with van der Waals surface area (Å²) in [5.41, 5.74) is 16.5. The minimum absolute atomic E-state index is 0.105. The van der Waals surface area contributed by atoms with Gasteiger partial charge in [0.15, 0.2) is 0 Å². The van der Waals surface area contributed by atoms with E-state index in [2.05, 4.69) is 81.7 Å². The lowest BCUT2D eigenvalue weighted by molar-refractivity contribution is -0.0155. The van der Waals surface area contributed by atoms with Gasteiger partial charge in [-0.05, 0) is 162 Å². The number of carbonyl (C=O) groups is 3. The number of nitrogens with one attached hydrogen (secondary N) is 3. The van der Waals surface area contributed by atoms with Crippen molar-refractivity contribution in [3.8, 4) is 0 Å². The zero-order valence-electron chi connectivity index (χ0n) is 70.6. The number of rotatable bonds is 18. The smallest absolute Gasteiger partial charge is 0.410 e. The van der Waals surface area contributed by atoms with Crippen molar-refractivity contribution in [1.29, 1.82) is 0 Å². The Morgan fingerprint density at radius 3 is 1.24 bits per heavy atom. The number of hydrogen-bond donors (Lipinski definition) is 3. The Bertz CT molecular complexity index is 5830. The number of aryl methyl sites for hydroxylation is 4. The van der Waals surface area contributed by atoms with Crippen molar-refractivity contribution in [1.82, 2.24) is 87.2 Å². The van der Waals surface area contributed by atoms with Gasteiger partial charge in [-0.1, -0.05) is 77.3 Å². The SMILES string of the molecule is Cc1ccc2c(c1)C(C(NC(=O)OC(C)C)c1cncn1C)=Cc1cccnc1[C@H]2N1CCN(C(=O)OC(C)C)CC1.Cn1cncc1C(NS(C)(=O)=O)C1=Cc2cccnc2[C@@H](N2CCN(C(=O)OC3CCOCC3)CC2)c2ccc(Cl)cc21.Cn1cncc1C(NS(C)(=O)=O)C1=Cc2cccnc2[C@@H](N2CCN(S(C)(=O)=O)CC2)c2ccc(Cl)cc21. The number of carbonyl (C=O) groups excluding carboxylic acids is 3. The van der Waals surface area contributed by atoms with Gasteiger partial charge in [0.25, 0.3) is 0 Å². The van der Waals surface area contributed by atoms with Crippen molar-refractivity contribution in [2.45, 2.75) is 102 Å². The lowest BCUT2D eigenvalue weighted by atomic mass is 9.88. The summed E-state index contributed by atoms with van der Waals surface area (Å²) in [6.07, 6.45) is 24.9. The standard InChI is InChI=1S/C32H40N6O4.C30H35ClN6O5S.C25H29ClN6O4S2/c1-20(2)41-31(39)35-29(27-18-33-19-36(27)6)26-17-23-8-7-11-34-28(23)30(24-10-9-22(5)16-25(24)26)37-12-14-38(15-13-37)32(40)42-21(3)4;1-35-19-32-18-26(35)28(34-43(2,39)40)25-16-20-4-3-9-33-27(20)29(23-6-5-21(31)17-24(23)25)36-10-12-37(13-11-36)30(38)42-22-7-14-41-15-8-22;1-30-16-27-15-22(30)24(29-37(2,33)34)21-13-17-5-4-8-28-23(17)25(19-7-6-18(26)14-20(19)21)31-9-11-32(12-10-31)38(3,35)36/h7-11,16-21,29-30H,12-15H2,1-6H3,(H,35,39);3-6,9,16-19,22,28-29,34H,7-8,10-15H2,1-2H3;4-8,13-16,24-25,29H,9-12H2,1-3H3/t29?,30-;28?,29-;24?,25-/m000/s1. The summed E-state index contributed by atoms with van der Waals surface area (Å²) in [6, 6.07) is 26.8. The van der Waals surface area contributed by atoms with Crippen LogP contribution in [-0.4, -0.2) is 245 Å². The van der Waals surface area contributed by atoms with Crippen LogP contribution in [0.2, 0.25) is 10.0 Å². The van der Waals surface area contributed by atoms with Gasteiger partial charge in [0, 0.05) is 141 Å². The van der Waals surface area contributed by atoms with E-state index in [1.165, 1.54) is 10.6 Å². The summed E-state index contributed by atoms with van der Waals surface area (Å²) < 4.78 is 109. The van der Waals surface area contributed by atoms with E-state index in [1.54, 1.807) is 68.9 Å². The van der Waals surface area contributed by atoms with Crippen molar-refractivity contribution >= 4 is 106 Å². The van der Waals surface area contributed by atoms with E-state index in [1.807, 2.05) is 138 Å². The second kappa shape index (κ2) is 38.2. The Morgan fingerprint density at radius 2 is 0.854 bits per heavy atom. The average Bonchev–Trinajstić information content (AvgIpc) is 1.63. The molecule has 4 saturated heterocycles. The van der Waals surface area contributed by atoms with Gasteiger partial charge in [-0.3, -0.25) is 29.7 Å². The number of hydrogen-bond acceptors (Lipinski definition) is 22. The number of fused-ring (bicyclic) bond motifs is 6. The Morgan fingerprint density at radius 1 is 0.480 bits per heavy atom. The number of piperazine rings is 3. The quantitative estimate of drug-likeness (QED) is 0.0672. The highest BCUT2D eigenvalue weighted by atomic mass is 35.5. The third kappa shape index (κ3) is 21.0. The summed E-state index contributed by atoms with van der Waals surface area (Å²) in [5.74, 6) is 0. The molecule has 16 rings (SSSR count). The van der Waals surface area contributed by atoms with Crippen LogP contribution in [0.1, 0.15) is 167 Å². The first kappa shape index (κ1) is 89.2. The lowest BCUT2D eigenvalue weighted by Crippen LogP contribution is -2.51. The molecule has 3 N–H and O–H groups in total. The molecule has 0 saturated carbocycles. The van der Waals surface area contributed by atoms with E-state index < -0.39 is 54.3 Å². The zero-order valence-corrected chi connectivity index (χ0v) is 74.6. The number of aromatic nitrogens is 9. The molecule has 6 aromatic heterocycles. The van der Waals surface area contributed by atoms with Gasteiger partial charge in [-0.15, -0.1) is 0 Å². The minimum atomic E-state index is -3.62. The highest BCUT2D eigenvalue weighted by Crippen LogP contribution is 2.49. The van der Waals surface area contributed by atoms with Crippen LogP contribution >= 0.6 is 23.2 Å². The number of imidazole rings is 3. The molecule has 3 aliphatic carbocycles. The molecule has 36 heteroatoms. The fourth-order valence-electron chi connectivity index (χ4n) is 17.1. The Kier molecular flexibility index (Phi) is 27.7. The molecule has 123 heavy (non-hydrogen) atoms. The molecular weight excluding hydrogens is 1670 g/mol. The average molecular weight is 1780 g/mol. The van der Waals surface area contributed by atoms with Crippen molar-refractivity contribution < 1.29 is 58.6 Å². The van der Waals surface area contributed by atoms with Crippen LogP contribution in [0.4, 0.5) is 14.4 Å². The Labute approximate surface area is 728 Å². The van der Waals surface area contributed by atoms with Gasteiger partial charge in [0.05, 0.1) is 152 Å². The largest absolute Gasteiger partial charge is 0.447 e. The summed E-state index contributed by atoms with van der Waals surface area (Å²) in [5, 5.41) is 4.17. The maximum absolute atomic E-state index is 13.0. The van der Waals surface area contributed by atoms with Crippen LogP contribution in [0, 0.1) is 6.92 Å². The van der Waals surface area contributed by atoms with E-state index in [0.29, 0.717) is 119 Å². The second-order valence-electron chi connectivity index (χ2n) is 32.3. The molecule has 4 aliphatic heterocycles. The van der Waals surface area contributed by atoms with Gasteiger partial charge in [-0.2, -0.15) is 4.31 Å². The fraction of sp³-hybridized carbons (Fsp3) is 0.414. The zero-order chi connectivity index (χ0) is 87.3. The van der Waals surface area contributed by atoms with E-state index >= 15 is 0 Å². The van der Waals surface area contributed by atoms with Gasteiger partial charge in [-0.25, -0.2) is 64.0 Å². The Hall–Kier alpha value is -10.1. The van der Waals surface area contributed by atoms with E-state index in [9.17, 15) is 39.6 Å². The number of nitrogens with zero attached hydrogens (tertiary/aromatic N) is 15. The van der Waals surface area contributed by atoms with Crippen LogP contribution in [0.15, 0.2) is 147 Å². The lowest BCUT2D eigenvalue weighted by Gasteiger charge is -2.40.